The normalized spacial score (nSPS) is 36.8. The Bertz CT molecular complexity index is 1040. The standard InChI is InChI=1S/C21H28N2O7S/c1-20(2)27-14-8-12(16-18(17(14)29-20)30-21(3,4)28-16)9-26-13-7-5-6-11-10-31(24,25)23-19(22)15(11)13/h5-7,12,14,16-18H,8-10H2,1-4H3,(H2,22,23)/t12?,14-,16-,17-,18+/m0/s1. The Hall–Kier alpha value is -1.72. The summed E-state index contributed by atoms with van der Waals surface area (Å²) in [6, 6.07) is 5.26. The summed E-state index contributed by atoms with van der Waals surface area (Å²) in [5.41, 5.74) is 7.08. The van der Waals surface area contributed by atoms with Crippen molar-refractivity contribution in [1.29, 1.82) is 0 Å². The van der Waals surface area contributed by atoms with E-state index in [-0.39, 0.29) is 41.9 Å². The van der Waals surface area contributed by atoms with Gasteiger partial charge in [-0.05, 0) is 45.7 Å². The van der Waals surface area contributed by atoms with E-state index in [1.165, 1.54) is 0 Å². The van der Waals surface area contributed by atoms with Crippen LogP contribution in [0.1, 0.15) is 45.2 Å². The molecule has 5 rings (SSSR count). The topological polar surface area (TPSA) is 119 Å². The molecule has 1 unspecified atom stereocenters. The minimum absolute atomic E-state index is 0.00753. The first kappa shape index (κ1) is 21.1. The van der Waals surface area contributed by atoms with Crippen LogP contribution in [-0.4, -0.2) is 56.9 Å². The SMILES string of the molecule is CC1(C)O[C@@H]2[C@@H]3OC(C)(C)O[C@H]3C(COc3cccc4c3C(N)=NS(=O)(=O)C4)C[C@@H]2O1. The summed E-state index contributed by atoms with van der Waals surface area (Å²) in [5.74, 6) is -1.14. The Morgan fingerprint density at radius 1 is 1.06 bits per heavy atom. The van der Waals surface area contributed by atoms with Crippen LogP contribution in [-0.2, 0) is 34.7 Å². The molecule has 0 radical (unpaired) electrons. The molecule has 170 valence electrons. The molecule has 2 saturated heterocycles. The van der Waals surface area contributed by atoms with E-state index in [9.17, 15) is 8.42 Å². The Kier molecular flexibility index (Phi) is 4.70. The monoisotopic (exact) mass is 452 g/mol. The van der Waals surface area contributed by atoms with Gasteiger partial charge < -0.3 is 29.4 Å². The molecule has 9 nitrogen and oxygen atoms in total. The van der Waals surface area contributed by atoms with E-state index in [1.54, 1.807) is 18.2 Å². The Morgan fingerprint density at radius 2 is 1.74 bits per heavy atom. The van der Waals surface area contributed by atoms with E-state index in [4.69, 9.17) is 29.4 Å². The fourth-order valence-corrected chi connectivity index (χ4v) is 6.17. The molecule has 3 fully saturated rings. The summed E-state index contributed by atoms with van der Waals surface area (Å²) in [4.78, 5) is 0. The predicted molar refractivity (Wildman–Crippen MR) is 111 cm³/mol. The van der Waals surface area contributed by atoms with E-state index in [0.717, 1.165) is 0 Å². The van der Waals surface area contributed by atoms with Gasteiger partial charge in [-0.3, -0.25) is 0 Å². The van der Waals surface area contributed by atoms with Crippen LogP contribution in [0.4, 0.5) is 0 Å². The van der Waals surface area contributed by atoms with Crippen LogP contribution in [0, 0.1) is 5.92 Å². The fraction of sp³-hybridized carbons (Fsp3) is 0.667. The molecule has 4 aliphatic rings. The Labute approximate surface area is 181 Å². The average molecular weight is 453 g/mol. The molecular formula is C21H28N2O7S. The summed E-state index contributed by atoms with van der Waals surface area (Å²) >= 11 is 0. The lowest BCUT2D eigenvalue weighted by Gasteiger charge is -2.37. The second kappa shape index (κ2) is 6.89. The van der Waals surface area contributed by atoms with Crippen molar-refractivity contribution < 1.29 is 32.1 Å². The second-order valence-corrected chi connectivity index (χ2v) is 11.1. The van der Waals surface area contributed by atoms with Crippen molar-refractivity contribution in [3.63, 3.8) is 0 Å². The number of sulfonamides is 1. The average Bonchev–Trinajstić information content (AvgIpc) is 3.12. The van der Waals surface area contributed by atoms with Gasteiger partial charge in [0.1, 0.15) is 23.8 Å². The maximum Gasteiger partial charge on any atom is 0.259 e. The van der Waals surface area contributed by atoms with Crippen LogP contribution in [0.5, 0.6) is 5.75 Å². The summed E-state index contributed by atoms with van der Waals surface area (Å²) in [5, 5.41) is 0. The zero-order chi connectivity index (χ0) is 22.2. The molecule has 5 atom stereocenters. The predicted octanol–water partition coefficient (Wildman–Crippen LogP) is 1.67. The minimum Gasteiger partial charge on any atom is -0.492 e. The number of benzene rings is 1. The van der Waals surface area contributed by atoms with Crippen molar-refractivity contribution in [2.75, 3.05) is 6.61 Å². The maximum absolute atomic E-state index is 11.9. The summed E-state index contributed by atoms with van der Waals surface area (Å²) in [7, 11) is -3.60. The van der Waals surface area contributed by atoms with Gasteiger partial charge in [-0.15, -0.1) is 4.40 Å². The first-order valence-corrected chi connectivity index (χ1v) is 12.1. The van der Waals surface area contributed by atoms with Crippen molar-refractivity contribution in [3.8, 4) is 5.75 Å². The number of fused-ring (bicyclic) bond motifs is 4. The van der Waals surface area contributed by atoms with Crippen LogP contribution in [0.2, 0.25) is 0 Å². The van der Waals surface area contributed by atoms with Gasteiger partial charge in [0.15, 0.2) is 11.6 Å². The number of ether oxygens (including phenoxy) is 5. The molecule has 0 spiro atoms. The third kappa shape index (κ3) is 3.84. The summed E-state index contributed by atoms with van der Waals surface area (Å²) in [6.45, 7) is 7.93. The van der Waals surface area contributed by atoms with Gasteiger partial charge in [-0.2, -0.15) is 0 Å². The first-order chi connectivity index (χ1) is 14.4. The highest BCUT2D eigenvalue weighted by Crippen LogP contribution is 2.47. The molecule has 1 aromatic rings. The van der Waals surface area contributed by atoms with Crippen molar-refractivity contribution in [2.24, 2.45) is 16.0 Å². The van der Waals surface area contributed by atoms with E-state index in [2.05, 4.69) is 4.40 Å². The van der Waals surface area contributed by atoms with Crippen LogP contribution >= 0.6 is 0 Å². The quantitative estimate of drug-likeness (QED) is 0.736. The van der Waals surface area contributed by atoms with E-state index in [1.807, 2.05) is 27.7 Å². The Balaban J connectivity index is 1.39. The van der Waals surface area contributed by atoms with Crippen LogP contribution in [0.15, 0.2) is 22.6 Å². The van der Waals surface area contributed by atoms with E-state index in [0.29, 0.717) is 29.9 Å². The number of hydrogen-bond donors (Lipinski definition) is 1. The van der Waals surface area contributed by atoms with Gasteiger partial charge in [0, 0.05) is 5.92 Å². The highest BCUT2D eigenvalue weighted by atomic mass is 32.2. The molecule has 1 aliphatic carbocycles. The molecule has 0 amide bonds. The molecule has 2 N–H and O–H groups in total. The largest absolute Gasteiger partial charge is 0.492 e. The van der Waals surface area contributed by atoms with E-state index >= 15 is 0 Å². The number of nitrogens with two attached hydrogens (primary N) is 1. The van der Waals surface area contributed by atoms with Crippen molar-refractivity contribution >= 4 is 15.9 Å². The smallest absolute Gasteiger partial charge is 0.259 e. The van der Waals surface area contributed by atoms with Gasteiger partial charge in [-0.25, -0.2) is 8.42 Å². The number of nitrogens with zero attached hydrogens (tertiary/aromatic N) is 1. The molecule has 3 heterocycles. The van der Waals surface area contributed by atoms with Gasteiger partial charge in [0.25, 0.3) is 10.0 Å². The van der Waals surface area contributed by atoms with Crippen molar-refractivity contribution in [1.82, 2.24) is 0 Å². The molecular weight excluding hydrogens is 424 g/mol. The third-order valence-electron chi connectivity index (χ3n) is 6.11. The second-order valence-electron chi connectivity index (χ2n) is 9.50. The Morgan fingerprint density at radius 3 is 2.52 bits per heavy atom. The lowest BCUT2D eigenvalue weighted by Crippen LogP contribution is -2.52. The number of hydrogen-bond acceptors (Lipinski definition) is 8. The van der Waals surface area contributed by atoms with Gasteiger partial charge in [0.2, 0.25) is 0 Å². The highest BCUT2D eigenvalue weighted by molar-refractivity contribution is 7.89. The molecule has 31 heavy (non-hydrogen) atoms. The van der Waals surface area contributed by atoms with Crippen LogP contribution in [0.25, 0.3) is 0 Å². The minimum atomic E-state index is -3.60. The van der Waals surface area contributed by atoms with Crippen LogP contribution < -0.4 is 10.5 Å². The molecule has 1 saturated carbocycles. The molecule has 0 bridgehead atoms. The lowest BCUT2D eigenvalue weighted by molar-refractivity contribution is -0.176. The van der Waals surface area contributed by atoms with Gasteiger partial charge >= 0.3 is 0 Å². The lowest BCUT2D eigenvalue weighted by atomic mass is 9.81. The van der Waals surface area contributed by atoms with Gasteiger partial charge in [-0.1, -0.05) is 12.1 Å². The summed E-state index contributed by atoms with van der Waals surface area (Å²) < 4.78 is 58.3. The zero-order valence-electron chi connectivity index (χ0n) is 18.0. The molecule has 1 aromatic carbocycles. The van der Waals surface area contributed by atoms with Crippen LogP contribution in [0.3, 0.4) is 0 Å². The van der Waals surface area contributed by atoms with E-state index < -0.39 is 21.6 Å². The number of amidine groups is 1. The van der Waals surface area contributed by atoms with Crippen molar-refractivity contribution in [2.45, 2.75) is 75.9 Å². The maximum atomic E-state index is 11.9. The highest BCUT2D eigenvalue weighted by Gasteiger charge is 2.59. The zero-order valence-corrected chi connectivity index (χ0v) is 18.8. The first-order valence-electron chi connectivity index (χ1n) is 10.5. The third-order valence-corrected chi connectivity index (χ3v) is 7.26. The summed E-state index contributed by atoms with van der Waals surface area (Å²) in [6.07, 6.45) is -0.0913. The van der Waals surface area contributed by atoms with Crippen molar-refractivity contribution in [3.05, 3.63) is 29.3 Å². The number of rotatable bonds is 3. The molecule has 10 heteroatoms. The molecule has 3 aliphatic heterocycles. The molecule has 0 aromatic heterocycles. The fourth-order valence-electron chi connectivity index (χ4n) is 5.08. The van der Waals surface area contributed by atoms with Gasteiger partial charge in [0.05, 0.1) is 30.1 Å².